The number of thiophene rings is 1. The van der Waals surface area contributed by atoms with Crippen LogP contribution < -0.4 is 5.73 Å². The summed E-state index contributed by atoms with van der Waals surface area (Å²) in [5, 5.41) is 2.17. The van der Waals surface area contributed by atoms with Crippen LogP contribution in [0.5, 0.6) is 0 Å². The fourth-order valence-corrected chi connectivity index (χ4v) is 4.49. The van der Waals surface area contributed by atoms with Crippen molar-refractivity contribution in [3.8, 4) is 0 Å². The van der Waals surface area contributed by atoms with E-state index in [1.165, 1.54) is 30.6 Å². The number of rotatable bonds is 5. The van der Waals surface area contributed by atoms with E-state index in [1.807, 2.05) is 11.3 Å². The fourth-order valence-electron chi connectivity index (χ4n) is 3.66. The number of likely N-dealkylation sites (N-methyl/N-ethyl adjacent to an activating group) is 1. The molecule has 1 fully saturated rings. The Bertz CT molecular complexity index is 376. The maximum Gasteiger partial charge on any atom is 0.0357 e. The smallest absolute Gasteiger partial charge is 0.0357 e. The molecule has 0 aromatic carbocycles. The van der Waals surface area contributed by atoms with Crippen molar-refractivity contribution in [2.45, 2.75) is 57.5 Å². The first-order chi connectivity index (χ1) is 9.10. The molecule has 3 unspecified atom stereocenters. The third kappa shape index (κ3) is 3.04. The Morgan fingerprint density at radius 1 is 1.53 bits per heavy atom. The highest BCUT2D eigenvalue weighted by atomic mass is 32.1. The van der Waals surface area contributed by atoms with Crippen molar-refractivity contribution >= 4 is 11.3 Å². The molecule has 2 nitrogen and oxygen atoms in total. The van der Waals surface area contributed by atoms with Crippen molar-refractivity contribution in [3.05, 3.63) is 22.4 Å². The monoisotopic (exact) mass is 280 g/mol. The molecule has 1 aromatic rings. The average molecular weight is 280 g/mol. The zero-order valence-electron chi connectivity index (χ0n) is 12.6. The van der Waals surface area contributed by atoms with Gasteiger partial charge in [-0.1, -0.05) is 25.8 Å². The third-order valence-corrected chi connectivity index (χ3v) is 6.11. The van der Waals surface area contributed by atoms with E-state index in [-0.39, 0.29) is 5.54 Å². The van der Waals surface area contributed by atoms with Gasteiger partial charge in [0.25, 0.3) is 0 Å². The van der Waals surface area contributed by atoms with Crippen LogP contribution in [0.1, 0.15) is 44.4 Å². The zero-order valence-corrected chi connectivity index (χ0v) is 13.4. The Morgan fingerprint density at radius 2 is 2.32 bits per heavy atom. The van der Waals surface area contributed by atoms with Crippen molar-refractivity contribution in [2.24, 2.45) is 11.7 Å². The maximum atomic E-state index is 6.20. The molecule has 0 saturated heterocycles. The number of hydrogen-bond donors (Lipinski definition) is 1. The molecule has 19 heavy (non-hydrogen) atoms. The van der Waals surface area contributed by atoms with Gasteiger partial charge in [0.15, 0.2) is 0 Å². The van der Waals surface area contributed by atoms with Crippen LogP contribution in [0.15, 0.2) is 17.5 Å². The normalized spacial score (nSPS) is 29.6. The lowest BCUT2D eigenvalue weighted by Crippen LogP contribution is -2.60. The van der Waals surface area contributed by atoms with Crippen molar-refractivity contribution in [1.29, 1.82) is 0 Å². The summed E-state index contributed by atoms with van der Waals surface area (Å²) in [6, 6.07) is 4.95. The summed E-state index contributed by atoms with van der Waals surface area (Å²) in [5.74, 6) is 0.710. The Morgan fingerprint density at radius 3 is 2.89 bits per heavy atom. The third-order valence-electron chi connectivity index (χ3n) is 5.21. The Labute approximate surface area is 122 Å². The Balaban J connectivity index is 2.08. The van der Waals surface area contributed by atoms with Gasteiger partial charge in [0.1, 0.15) is 0 Å². The lowest BCUT2D eigenvalue weighted by atomic mass is 9.72. The van der Waals surface area contributed by atoms with E-state index < -0.39 is 0 Å². The average Bonchev–Trinajstić information content (AvgIpc) is 2.91. The van der Waals surface area contributed by atoms with Crippen LogP contribution in [0.2, 0.25) is 0 Å². The number of nitrogens with two attached hydrogens (primary N) is 1. The Hall–Kier alpha value is -0.380. The summed E-state index contributed by atoms with van der Waals surface area (Å²) in [5.41, 5.74) is 6.42. The molecule has 2 rings (SSSR count). The van der Waals surface area contributed by atoms with Crippen LogP contribution in [-0.4, -0.2) is 30.1 Å². The lowest BCUT2D eigenvalue weighted by Gasteiger charge is -2.51. The molecule has 1 saturated carbocycles. The standard InChI is InChI=1S/C16H28N2S/c1-13-7-4-5-9-16(13,12-17)18(3)14(2)11-15-8-6-10-19-15/h6,8,10,13-14H,4-5,7,9,11-12,17H2,1-3H3. The zero-order chi connectivity index (χ0) is 13.9. The predicted octanol–water partition coefficient (Wildman–Crippen LogP) is 3.52. The van der Waals surface area contributed by atoms with Gasteiger partial charge in [-0.05, 0) is 50.6 Å². The summed E-state index contributed by atoms with van der Waals surface area (Å²) in [4.78, 5) is 4.06. The van der Waals surface area contributed by atoms with Crippen LogP contribution in [0.4, 0.5) is 0 Å². The summed E-state index contributed by atoms with van der Waals surface area (Å²) >= 11 is 1.86. The number of hydrogen-bond acceptors (Lipinski definition) is 3. The van der Waals surface area contributed by atoms with Crippen molar-refractivity contribution < 1.29 is 0 Å². The van der Waals surface area contributed by atoms with Crippen molar-refractivity contribution in [2.75, 3.05) is 13.6 Å². The second kappa shape index (κ2) is 6.38. The molecule has 0 radical (unpaired) electrons. The molecule has 1 heterocycles. The van der Waals surface area contributed by atoms with Gasteiger partial charge in [0.05, 0.1) is 0 Å². The number of nitrogens with zero attached hydrogens (tertiary/aromatic N) is 1. The second-order valence-electron chi connectivity index (χ2n) is 6.20. The van der Waals surface area contributed by atoms with Crippen molar-refractivity contribution in [1.82, 2.24) is 4.90 Å². The van der Waals surface area contributed by atoms with Gasteiger partial charge in [0.2, 0.25) is 0 Å². The SMILES string of the molecule is CC(Cc1cccs1)N(C)C1(CN)CCCCC1C. The van der Waals surface area contributed by atoms with Crippen LogP contribution in [-0.2, 0) is 6.42 Å². The summed E-state index contributed by atoms with van der Waals surface area (Å²) in [7, 11) is 2.28. The van der Waals surface area contributed by atoms with E-state index >= 15 is 0 Å². The van der Waals surface area contributed by atoms with Gasteiger partial charge >= 0.3 is 0 Å². The van der Waals surface area contributed by atoms with E-state index in [2.05, 4.69) is 43.3 Å². The molecule has 0 amide bonds. The van der Waals surface area contributed by atoms with E-state index in [4.69, 9.17) is 5.73 Å². The van der Waals surface area contributed by atoms with E-state index in [0.29, 0.717) is 12.0 Å². The maximum absolute atomic E-state index is 6.20. The molecule has 1 aliphatic carbocycles. The summed E-state index contributed by atoms with van der Waals surface area (Å²) < 4.78 is 0. The van der Waals surface area contributed by atoms with Gasteiger partial charge < -0.3 is 5.73 Å². The molecule has 108 valence electrons. The summed E-state index contributed by atoms with van der Waals surface area (Å²) in [6.07, 6.45) is 6.43. The molecule has 1 aliphatic rings. The molecule has 0 bridgehead atoms. The first kappa shape index (κ1) is 15.0. The highest BCUT2D eigenvalue weighted by Gasteiger charge is 2.41. The molecule has 1 aromatic heterocycles. The van der Waals surface area contributed by atoms with Crippen LogP contribution in [0, 0.1) is 5.92 Å². The van der Waals surface area contributed by atoms with Crippen LogP contribution in [0.3, 0.4) is 0 Å². The molecule has 2 N–H and O–H groups in total. The minimum absolute atomic E-state index is 0.217. The second-order valence-corrected chi connectivity index (χ2v) is 7.23. The molecular weight excluding hydrogens is 252 g/mol. The van der Waals surface area contributed by atoms with Gasteiger partial charge in [-0.3, -0.25) is 4.90 Å². The first-order valence-corrected chi connectivity index (χ1v) is 8.43. The quantitative estimate of drug-likeness (QED) is 0.894. The van der Waals surface area contributed by atoms with Gasteiger partial charge in [0, 0.05) is 23.0 Å². The van der Waals surface area contributed by atoms with Gasteiger partial charge in [-0.2, -0.15) is 0 Å². The van der Waals surface area contributed by atoms with E-state index in [9.17, 15) is 0 Å². The summed E-state index contributed by atoms with van der Waals surface area (Å²) in [6.45, 7) is 5.53. The van der Waals surface area contributed by atoms with Gasteiger partial charge in [-0.15, -0.1) is 11.3 Å². The fraction of sp³-hybridized carbons (Fsp3) is 0.750. The topological polar surface area (TPSA) is 29.3 Å². The molecular formula is C16H28N2S. The first-order valence-electron chi connectivity index (χ1n) is 7.55. The minimum atomic E-state index is 0.217. The van der Waals surface area contributed by atoms with Gasteiger partial charge in [-0.25, -0.2) is 0 Å². The Kier molecular flexibility index (Phi) is 5.04. The predicted molar refractivity (Wildman–Crippen MR) is 84.7 cm³/mol. The minimum Gasteiger partial charge on any atom is -0.329 e. The molecule has 3 atom stereocenters. The lowest BCUT2D eigenvalue weighted by molar-refractivity contribution is 0.00756. The van der Waals surface area contributed by atoms with E-state index in [0.717, 1.165) is 13.0 Å². The van der Waals surface area contributed by atoms with Crippen molar-refractivity contribution in [3.63, 3.8) is 0 Å². The highest BCUT2D eigenvalue weighted by Crippen LogP contribution is 2.38. The molecule has 3 heteroatoms. The molecule has 0 aliphatic heterocycles. The molecule has 0 spiro atoms. The highest BCUT2D eigenvalue weighted by molar-refractivity contribution is 7.09. The van der Waals surface area contributed by atoms with E-state index in [1.54, 1.807) is 0 Å². The van der Waals surface area contributed by atoms with Crippen LogP contribution >= 0.6 is 11.3 Å². The largest absolute Gasteiger partial charge is 0.329 e. The van der Waals surface area contributed by atoms with Crippen LogP contribution in [0.25, 0.3) is 0 Å².